The first-order valence-corrected chi connectivity index (χ1v) is 13.7. The van der Waals surface area contributed by atoms with Gasteiger partial charge in [0.2, 0.25) is 0 Å². The van der Waals surface area contributed by atoms with Crippen molar-refractivity contribution in [3.8, 4) is 0 Å². The standard InChI is InChI=1S/C32H34BN3O6/c1-22(2)29(33(40)41)35-30(37)26-19-12-20-36(26)31(38)28(34-32(39)42-21-23-13-6-3-7-14-23)27(24-15-8-4-9-16-24)25-17-10-5-11-18-25/h3-20,22,27-29,40-41H,21H2,1-2H3,(H,34,39)(H,35,37)/t28-,29+/m1/s1. The minimum absolute atomic E-state index is 0.00613. The van der Waals surface area contributed by atoms with Gasteiger partial charge >= 0.3 is 13.2 Å². The van der Waals surface area contributed by atoms with Crippen LogP contribution in [0.5, 0.6) is 0 Å². The molecule has 0 aliphatic rings. The molecule has 0 aliphatic heterocycles. The molecule has 0 bridgehead atoms. The molecule has 1 aromatic heterocycles. The number of carbonyl (C=O) groups excluding carboxylic acids is 3. The minimum atomic E-state index is -1.79. The van der Waals surface area contributed by atoms with Gasteiger partial charge in [0.25, 0.3) is 11.8 Å². The van der Waals surface area contributed by atoms with E-state index >= 15 is 0 Å². The SMILES string of the molecule is CC(C)[C@H](NC(=O)c1cccn1C(=O)[C@H](NC(=O)OCc1ccccc1)C(c1ccccc1)c1ccccc1)B(O)O. The van der Waals surface area contributed by atoms with Crippen LogP contribution in [0.3, 0.4) is 0 Å². The number of carbonyl (C=O) groups is 3. The van der Waals surface area contributed by atoms with Gasteiger partial charge in [0.15, 0.2) is 0 Å². The minimum Gasteiger partial charge on any atom is -0.445 e. The number of amides is 2. The first-order valence-electron chi connectivity index (χ1n) is 13.7. The maximum absolute atomic E-state index is 14.3. The third-order valence-corrected chi connectivity index (χ3v) is 6.96. The third-order valence-electron chi connectivity index (χ3n) is 6.96. The Hall–Kier alpha value is -4.67. The van der Waals surface area contributed by atoms with Crippen LogP contribution in [0.25, 0.3) is 0 Å². The molecule has 0 unspecified atom stereocenters. The molecule has 4 N–H and O–H groups in total. The van der Waals surface area contributed by atoms with E-state index in [1.54, 1.807) is 13.8 Å². The Bertz CT molecular complexity index is 1410. The van der Waals surface area contributed by atoms with Crippen molar-refractivity contribution in [1.82, 2.24) is 15.2 Å². The molecule has 9 nitrogen and oxygen atoms in total. The highest BCUT2D eigenvalue weighted by atomic mass is 16.5. The van der Waals surface area contributed by atoms with Crippen LogP contribution in [0.4, 0.5) is 4.79 Å². The normalized spacial score (nSPS) is 12.4. The summed E-state index contributed by atoms with van der Waals surface area (Å²) >= 11 is 0. The molecule has 2 atom stereocenters. The van der Waals surface area contributed by atoms with E-state index in [2.05, 4.69) is 10.6 Å². The number of benzene rings is 3. The van der Waals surface area contributed by atoms with E-state index in [0.717, 1.165) is 21.3 Å². The van der Waals surface area contributed by atoms with Gasteiger partial charge in [-0.3, -0.25) is 14.2 Å². The van der Waals surface area contributed by atoms with Crippen molar-refractivity contribution in [2.45, 2.75) is 38.4 Å². The molecule has 3 aromatic carbocycles. The van der Waals surface area contributed by atoms with Crippen molar-refractivity contribution in [2.24, 2.45) is 5.92 Å². The van der Waals surface area contributed by atoms with Gasteiger partial charge in [0.1, 0.15) is 18.3 Å². The van der Waals surface area contributed by atoms with Crippen molar-refractivity contribution in [1.29, 1.82) is 0 Å². The van der Waals surface area contributed by atoms with Gasteiger partial charge in [-0.1, -0.05) is 105 Å². The molecule has 4 aromatic rings. The van der Waals surface area contributed by atoms with E-state index < -0.39 is 42.9 Å². The Morgan fingerprint density at radius 1 is 0.786 bits per heavy atom. The second-order valence-corrected chi connectivity index (χ2v) is 10.2. The summed E-state index contributed by atoms with van der Waals surface area (Å²) in [6, 6.07) is 29.6. The molecule has 4 rings (SSSR count). The summed E-state index contributed by atoms with van der Waals surface area (Å²) < 4.78 is 6.65. The summed E-state index contributed by atoms with van der Waals surface area (Å²) in [7, 11) is -1.79. The number of hydrogen-bond acceptors (Lipinski definition) is 6. The Labute approximate surface area is 245 Å². The zero-order valence-corrected chi connectivity index (χ0v) is 23.5. The molecule has 216 valence electrons. The maximum Gasteiger partial charge on any atom is 0.475 e. The molecule has 0 radical (unpaired) electrons. The Kier molecular flexibility index (Phi) is 10.3. The van der Waals surface area contributed by atoms with E-state index in [0.29, 0.717) is 0 Å². The van der Waals surface area contributed by atoms with Crippen molar-refractivity contribution in [3.05, 3.63) is 132 Å². The van der Waals surface area contributed by atoms with Crippen LogP contribution in [0, 0.1) is 5.92 Å². The second kappa shape index (κ2) is 14.3. The molecule has 10 heteroatoms. The maximum atomic E-state index is 14.3. The average Bonchev–Trinajstić information content (AvgIpc) is 3.50. The fourth-order valence-corrected chi connectivity index (χ4v) is 4.80. The predicted molar refractivity (Wildman–Crippen MR) is 160 cm³/mol. The largest absolute Gasteiger partial charge is 0.475 e. The molecule has 0 saturated carbocycles. The van der Waals surface area contributed by atoms with Crippen LogP contribution >= 0.6 is 0 Å². The summed E-state index contributed by atoms with van der Waals surface area (Å²) in [5.41, 5.74) is 2.31. The van der Waals surface area contributed by atoms with Crippen LogP contribution in [0.15, 0.2) is 109 Å². The van der Waals surface area contributed by atoms with Gasteiger partial charge in [-0.05, 0) is 34.7 Å². The number of ether oxygens (including phenoxy) is 1. The van der Waals surface area contributed by atoms with E-state index in [-0.39, 0.29) is 18.2 Å². The van der Waals surface area contributed by atoms with Crippen molar-refractivity contribution >= 4 is 25.0 Å². The Morgan fingerprint density at radius 3 is 1.86 bits per heavy atom. The van der Waals surface area contributed by atoms with Gasteiger partial charge < -0.3 is 25.4 Å². The van der Waals surface area contributed by atoms with Gasteiger partial charge in [-0.25, -0.2) is 4.79 Å². The first kappa shape index (κ1) is 30.3. The molecule has 0 aliphatic carbocycles. The molecular formula is C32H34BN3O6. The monoisotopic (exact) mass is 567 g/mol. The van der Waals surface area contributed by atoms with Crippen molar-refractivity contribution in [2.75, 3.05) is 0 Å². The van der Waals surface area contributed by atoms with E-state index in [4.69, 9.17) is 4.74 Å². The van der Waals surface area contributed by atoms with E-state index in [1.807, 2.05) is 91.0 Å². The molecule has 2 amide bonds. The van der Waals surface area contributed by atoms with Crippen molar-refractivity contribution in [3.63, 3.8) is 0 Å². The number of hydrogen-bond donors (Lipinski definition) is 4. The quantitative estimate of drug-likeness (QED) is 0.203. The summed E-state index contributed by atoms with van der Waals surface area (Å²) in [4.78, 5) is 40.7. The highest BCUT2D eigenvalue weighted by Crippen LogP contribution is 2.29. The first-order chi connectivity index (χ1) is 20.3. The summed E-state index contributed by atoms with van der Waals surface area (Å²) in [5, 5.41) is 24.9. The topological polar surface area (TPSA) is 130 Å². The lowest BCUT2D eigenvalue weighted by molar-refractivity contribution is 0.0804. The average molecular weight is 567 g/mol. The van der Waals surface area contributed by atoms with E-state index in [1.165, 1.54) is 18.3 Å². The summed E-state index contributed by atoms with van der Waals surface area (Å²) in [6.45, 7) is 3.48. The number of alkyl carbamates (subject to hydrolysis) is 1. The highest BCUT2D eigenvalue weighted by Gasteiger charge is 2.36. The zero-order chi connectivity index (χ0) is 30.1. The number of rotatable bonds is 11. The third kappa shape index (κ3) is 7.54. The lowest BCUT2D eigenvalue weighted by atomic mass is 9.73. The molecule has 42 heavy (non-hydrogen) atoms. The van der Waals surface area contributed by atoms with Crippen LogP contribution in [0.1, 0.15) is 51.7 Å². The Balaban J connectivity index is 1.70. The lowest BCUT2D eigenvalue weighted by Crippen LogP contribution is -2.51. The van der Waals surface area contributed by atoms with Gasteiger partial charge in [0, 0.05) is 12.1 Å². The van der Waals surface area contributed by atoms with Gasteiger partial charge in [-0.2, -0.15) is 0 Å². The Morgan fingerprint density at radius 2 is 1.33 bits per heavy atom. The fourth-order valence-electron chi connectivity index (χ4n) is 4.80. The lowest BCUT2D eigenvalue weighted by Gasteiger charge is -2.28. The van der Waals surface area contributed by atoms with Gasteiger partial charge in [0.05, 0.1) is 5.94 Å². The predicted octanol–water partition coefficient (Wildman–Crippen LogP) is 4.02. The van der Waals surface area contributed by atoms with Crippen LogP contribution < -0.4 is 10.6 Å². The second-order valence-electron chi connectivity index (χ2n) is 10.2. The molecule has 0 saturated heterocycles. The highest BCUT2D eigenvalue weighted by molar-refractivity contribution is 6.43. The smallest absolute Gasteiger partial charge is 0.445 e. The van der Waals surface area contributed by atoms with Crippen LogP contribution in [-0.2, 0) is 11.3 Å². The number of nitrogens with zero attached hydrogens (tertiary/aromatic N) is 1. The van der Waals surface area contributed by atoms with Crippen LogP contribution in [0.2, 0.25) is 0 Å². The molecule has 1 heterocycles. The van der Waals surface area contributed by atoms with Crippen molar-refractivity contribution < 1.29 is 29.2 Å². The summed E-state index contributed by atoms with van der Waals surface area (Å²) in [5.74, 6) is -3.13. The zero-order valence-electron chi connectivity index (χ0n) is 23.5. The summed E-state index contributed by atoms with van der Waals surface area (Å²) in [6.07, 6.45) is 0.643. The fraction of sp³-hybridized carbons (Fsp3) is 0.219. The van der Waals surface area contributed by atoms with Crippen LogP contribution in [-0.4, -0.2) is 51.6 Å². The van der Waals surface area contributed by atoms with E-state index in [9.17, 15) is 24.4 Å². The molecule has 0 spiro atoms. The molecule has 0 fully saturated rings. The number of nitrogens with one attached hydrogen (secondary N) is 2. The van der Waals surface area contributed by atoms with Gasteiger partial charge in [-0.15, -0.1) is 0 Å². The molecular weight excluding hydrogens is 533 g/mol. The number of aromatic nitrogens is 1.